The highest BCUT2D eigenvalue weighted by molar-refractivity contribution is 5.64. The van der Waals surface area contributed by atoms with E-state index in [4.69, 9.17) is 10.2 Å². The van der Waals surface area contributed by atoms with Crippen LogP contribution in [0.3, 0.4) is 0 Å². The third-order valence-electron chi connectivity index (χ3n) is 0.677. The number of aliphatic hydroxyl groups is 1. The van der Waals surface area contributed by atoms with Crippen molar-refractivity contribution >= 4 is 6.09 Å². The maximum Gasteiger partial charge on any atom is 0.406 e. The van der Waals surface area contributed by atoms with Crippen LogP contribution >= 0.6 is 0 Å². The molecule has 0 radical (unpaired) electrons. The largest absolute Gasteiger partial charge is 0.465 e. The highest BCUT2D eigenvalue weighted by Gasteiger charge is 2.00. The van der Waals surface area contributed by atoms with Crippen molar-refractivity contribution in [1.29, 1.82) is 0 Å². The molecule has 3 N–H and O–H groups in total. The second kappa shape index (κ2) is 3.26. The number of rotatable bonds is 2. The Hall–Kier alpha value is -0.770. The summed E-state index contributed by atoms with van der Waals surface area (Å²) in [5, 5.41) is 18.3. The zero-order valence-electron chi connectivity index (χ0n) is 4.59. The molecular formula is C4H9NO3. The van der Waals surface area contributed by atoms with Gasteiger partial charge in [0.1, 0.15) is 6.23 Å². The molecule has 0 aromatic heterocycles. The summed E-state index contributed by atoms with van der Waals surface area (Å²) in [6.45, 7) is 1.68. The first-order valence-corrected chi connectivity index (χ1v) is 2.34. The van der Waals surface area contributed by atoms with E-state index in [1.807, 2.05) is 5.32 Å². The molecule has 0 aliphatic rings. The minimum atomic E-state index is -1.20. The lowest BCUT2D eigenvalue weighted by Gasteiger charge is -2.04. The van der Waals surface area contributed by atoms with Crippen molar-refractivity contribution in [2.75, 3.05) is 0 Å². The highest BCUT2D eigenvalue weighted by atomic mass is 16.4. The minimum absolute atomic E-state index is 0.395. The number of carbonyl (C=O) groups is 1. The summed E-state index contributed by atoms with van der Waals surface area (Å²) in [5.41, 5.74) is 0. The van der Waals surface area contributed by atoms with Gasteiger partial charge in [0.25, 0.3) is 0 Å². The summed E-state index contributed by atoms with van der Waals surface area (Å²) in [7, 11) is 0. The molecule has 1 amide bonds. The van der Waals surface area contributed by atoms with Crippen molar-refractivity contribution in [1.82, 2.24) is 5.32 Å². The second-order valence-electron chi connectivity index (χ2n) is 1.37. The van der Waals surface area contributed by atoms with Gasteiger partial charge in [-0.25, -0.2) is 4.79 Å². The summed E-state index contributed by atoms with van der Waals surface area (Å²) < 4.78 is 0. The predicted molar refractivity (Wildman–Crippen MR) is 27.5 cm³/mol. The van der Waals surface area contributed by atoms with E-state index in [1.54, 1.807) is 6.92 Å². The van der Waals surface area contributed by atoms with Crippen LogP contribution in [0, 0.1) is 0 Å². The minimum Gasteiger partial charge on any atom is -0.465 e. The predicted octanol–water partition coefficient (Wildman–Crippen LogP) is -0.0176. The van der Waals surface area contributed by atoms with Gasteiger partial charge in [-0.3, -0.25) is 5.32 Å². The fraction of sp³-hybridized carbons (Fsp3) is 0.750. The van der Waals surface area contributed by atoms with E-state index in [1.165, 1.54) is 0 Å². The molecule has 0 fully saturated rings. The van der Waals surface area contributed by atoms with Gasteiger partial charge in [-0.1, -0.05) is 6.92 Å². The second-order valence-corrected chi connectivity index (χ2v) is 1.37. The van der Waals surface area contributed by atoms with E-state index in [9.17, 15) is 4.79 Å². The van der Waals surface area contributed by atoms with Crippen molar-refractivity contribution in [3.05, 3.63) is 0 Å². The van der Waals surface area contributed by atoms with Crippen LogP contribution in [0.4, 0.5) is 4.79 Å². The molecule has 0 saturated heterocycles. The fourth-order valence-corrected chi connectivity index (χ4v) is 0.245. The Kier molecular flexibility index (Phi) is 2.95. The lowest BCUT2D eigenvalue weighted by molar-refractivity contribution is 0.118. The highest BCUT2D eigenvalue weighted by Crippen LogP contribution is 1.81. The van der Waals surface area contributed by atoms with Crippen molar-refractivity contribution in [2.45, 2.75) is 19.6 Å². The maximum absolute atomic E-state index is 9.70. The van der Waals surface area contributed by atoms with Crippen molar-refractivity contribution in [3.63, 3.8) is 0 Å². The maximum atomic E-state index is 9.70. The third kappa shape index (κ3) is 3.42. The molecule has 0 aliphatic heterocycles. The van der Waals surface area contributed by atoms with Gasteiger partial charge in [0, 0.05) is 0 Å². The van der Waals surface area contributed by atoms with Gasteiger partial charge in [-0.2, -0.15) is 0 Å². The van der Waals surface area contributed by atoms with Crippen LogP contribution in [0.25, 0.3) is 0 Å². The van der Waals surface area contributed by atoms with Crippen LogP contribution < -0.4 is 5.32 Å². The number of nitrogens with one attached hydrogen (secondary N) is 1. The molecule has 0 aliphatic carbocycles. The zero-order chi connectivity index (χ0) is 6.57. The average Bonchev–Trinajstić information content (AvgIpc) is 1.65. The first-order valence-electron chi connectivity index (χ1n) is 2.34. The Labute approximate surface area is 47.1 Å². The van der Waals surface area contributed by atoms with Crippen LogP contribution in [-0.4, -0.2) is 22.5 Å². The van der Waals surface area contributed by atoms with Crippen molar-refractivity contribution in [3.8, 4) is 0 Å². The quantitative estimate of drug-likeness (QED) is 0.447. The fourth-order valence-electron chi connectivity index (χ4n) is 0.245. The molecule has 8 heavy (non-hydrogen) atoms. The molecule has 0 rings (SSSR count). The lowest BCUT2D eigenvalue weighted by Crippen LogP contribution is -2.32. The van der Waals surface area contributed by atoms with E-state index in [2.05, 4.69) is 0 Å². The molecule has 0 aromatic rings. The molecule has 48 valence electrons. The summed E-state index contributed by atoms with van der Waals surface area (Å²) in [6, 6.07) is 0. The van der Waals surface area contributed by atoms with Crippen LogP contribution in [0.5, 0.6) is 0 Å². The summed E-state index contributed by atoms with van der Waals surface area (Å²) in [4.78, 5) is 9.70. The Bertz CT molecular complexity index is 83.4. The number of hydrogen-bond donors (Lipinski definition) is 3. The van der Waals surface area contributed by atoms with Crippen molar-refractivity contribution < 1.29 is 15.0 Å². The molecule has 4 heteroatoms. The number of aliphatic hydroxyl groups excluding tert-OH is 1. The Morgan fingerprint density at radius 2 is 2.38 bits per heavy atom. The molecule has 4 nitrogen and oxygen atoms in total. The third-order valence-corrected chi connectivity index (χ3v) is 0.677. The molecule has 0 bridgehead atoms. The number of hydrogen-bond acceptors (Lipinski definition) is 2. The first-order chi connectivity index (χ1) is 3.66. The molecule has 1 unspecified atom stereocenters. The summed E-state index contributed by atoms with van der Waals surface area (Å²) in [6.07, 6.45) is -1.72. The molecule has 0 saturated carbocycles. The monoisotopic (exact) mass is 119 g/mol. The van der Waals surface area contributed by atoms with E-state index in [0.29, 0.717) is 6.42 Å². The van der Waals surface area contributed by atoms with Gasteiger partial charge in [0.05, 0.1) is 0 Å². The SMILES string of the molecule is CCC(O)NC(=O)O. The van der Waals surface area contributed by atoms with E-state index in [0.717, 1.165) is 0 Å². The molecular weight excluding hydrogens is 110 g/mol. The van der Waals surface area contributed by atoms with E-state index in [-0.39, 0.29) is 0 Å². The Morgan fingerprint density at radius 1 is 1.88 bits per heavy atom. The van der Waals surface area contributed by atoms with Gasteiger partial charge in [-0.05, 0) is 6.42 Å². The average molecular weight is 119 g/mol. The van der Waals surface area contributed by atoms with Crippen molar-refractivity contribution in [2.24, 2.45) is 0 Å². The summed E-state index contributed by atoms with van der Waals surface area (Å²) >= 11 is 0. The Morgan fingerprint density at radius 3 is 2.50 bits per heavy atom. The van der Waals surface area contributed by atoms with Crippen LogP contribution in [0.1, 0.15) is 13.3 Å². The first kappa shape index (κ1) is 7.23. The van der Waals surface area contributed by atoms with Crippen LogP contribution in [0.15, 0.2) is 0 Å². The van der Waals surface area contributed by atoms with Gasteiger partial charge in [-0.15, -0.1) is 0 Å². The summed E-state index contributed by atoms with van der Waals surface area (Å²) in [5.74, 6) is 0. The lowest BCUT2D eigenvalue weighted by atomic mass is 10.4. The smallest absolute Gasteiger partial charge is 0.406 e. The van der Waals surface area contributed by atoms with Crippen LogP contribution in [-0.2, 0) is 0 Å². The Balaban J connectivity index is 3.24. The van der Waals surface area contributed by atoms with Gasteiger partial charge in [0.2, 0.25) is 0 Å². The molecule has 0 aromatic carbocycles. The topological polar surface area (TPSA) is 69.6 Å². The number of amides is 1. The number of carboxylic acid groups (broad SMARTS) is 1. The van der Waals surface area contributed by atoms with Gasteiger partial charge >= 0.3 is 6.09 Å². The molecule has 0 heterocycles. The van der Waals surface area contributed by atoms with Crippen LogP contribution in [0.2, 0.25) is 0 Å². The normalized spacial score (nSPS) is 12.8. The standard InChI is InChI=1S/C4H9NO3/c1-2-3(6)5-4(7)8/h3,5-6H,2H2,1H3,(H,7,8). The molecule has 0 spiro atoms. The molecule has 1 atom stereocenters. The van der Waals surface area contributed by atoms with Gasteiger partial charge < -0.3 is 10.2 Å². The zero-order valence-corrected chi connectivity index (χ0v) is 4.59. The van der Waals surface area contributed by atoms with E-state index >= 15 is 0 Å². The van der Waals surface area contributed by atoms with E-state index < -0.39 is 12.3 Å². The van der Waals surface area contributed by atoms with Gasteiger partial charge in [0.15, 0.2) is 0 Å².